The second kappa shape index (κ2) is 11.9. The van der Waals surface area contributed by atoms with E-state index in [1.807, 2.05) is 0 Å². The van der Waals surface area contributed by atoms with Crippen molar-refractivity contribution in [1.29, 1.82) is 0 Å². The van der Waals surface area contributed by atoms with E-state index < -0.39 is 0 Å². The number of anilines is 6. The van der Waals surface area contributed by atoms with E-state index in [0.717, 1.165) is 0 Å². The molecule has 0 fully saturated rings. The van der Waals surface area contributed by atoms with Crippen LogP contribution in [0.25, 0.3) is 0 Å². The molecule has 2 aliphatic carbocycles. The summed E-state index contributed by atoms with van der Waals surface area (Å²) in [6.45, 7) is 34.0. The van der Waals surface area contributed by atoms with Crippen LogP contribution in [-0.2, 0) is 32.5 Å². The van der Waals surface area contributed by atoms with Crippen LogP contribution in [0.4, 0.5) is 34.1 Å². The molecule has 0 bridgehead atoms. The lowest BCUT2D eigenvalue weighted by atomic mass is 9.35. The van der Waals surface area contributed by atoms with E-state index in [0.29, 0.717) is 0 Å². The van der Waals surface area contributed by atoms with E-state index in [4.69, 9.17) is 0 Å². The van der Waals surface area contributed by atoms with Crippen molar-refractivity contribution in [2.24, 2.45) is 0 Å². The van der Waals surface area contributed by atoms with Crippen LogP contribution in [0.3, 0.4) is 0 Å². The maximum atomic E-state index is 2.69. The number of hydrogen-bond donors (Lipinski definition) is 0. The molecule has 9 rings (SSSR count). The van der Waals surface area contributed by atoms with Crippen molar-refractivity contribution in [3.05, 3.63) is 112 Å². The molecule has 0 unspecified atom stereocenters. The highest BCUT2D eigenvalue weighted by Gasteiger charge is 2.51. The van der Waals surface area contributed by atoms with Gasteiger partial charge in [0.1, 0.15) is 0 Å². The molecule has 0 saturated heterocycles. The number of fused-ring (bicyclic) bond motifs is 7. The molecule has 0 saturated carbocycles. The normalized spacial score (nSPS) is 19.8. The predicted molar refractivity (Wildman–Crippen MR) is 246 cm³/mol. The van der Waals surface area contributed by atoms with Crippen molar-refractivity contribution in [2.75, 3.05) is 9.80 Å². The number of nitrogens with zero attached hydrogens (tertiary/aromatic N) is 2. The molecular weight excluding hydrogens is 695 g/mol. The Kier molecular flexibility index (Phi) is 8.04. The first-order valence-electron chi connectivity index (χ1n) is 21.3. The molecule has 5 aromatic rings. The minimum atomic E-state index is 0.0633. The van der Waals surface area contributed by atoms with Gasteiger partial charge in [-0.15, -0.1) is 0 Å². The fraction of sp³-hybridized carbons (Fsp3) is 0.462. The summed E-state index contributed by atoms with van der Waals surface area (Å²) in [6, 6.07) is 31.5. The standard InChI is InChI=1S/C52H63BN2S/c1-47(2,3)32-18-22-34(23-19-32)54-39-16-15-17-40-43(39)53(38-30-36-37(31-41(38)54)50(9,10)27-26-49(36,7)8)46-44(42-45(56-46)52(13,14)29-28-51(42,11)12)55(40)35-24-20-33(21-25-35)48(4,5)6/h15-25,30-31H,26-29H2,1-14H3. The highest BCUT2D eigenvalue weighted by Crippen LogP contribution is 2.57. The molecule has 4 aliphatic rings. The van der Waals surface area contributed by atoms with Crippen LogP contribution in [0.15, 0.2) is 78.9 Å². The Morgan fingerprint density at radius 1 is 0.536 bits per heavy atom. The maximum absolute atomic E-state index is 2.69. The first kappa shape index (κ1) is 37.8. The lowest BCUT2D eigenvalue weighted by Crippen LogP contribution is -2.61. The van der Waals surface area contributed by atoms with Crippen molar-refractivity contribution < 1.29 is 0 Å². The summed E-state index contributed by atoms with van der Waals surface area (Å²) in [5, 5.41) is 0. The molecule has 2 nitrogen and oxygen atoms in total. The predicted octanol–water partition coefficient (Wildman–Crippen LogP) is 13.1. The molecule has 0 spiro atoms. The summed E-state index contributed by atoms with van der Waals surface area (Å²) in [5.74, 6) is 0. The van der Waals surface area contributed by atoms with Crippen LogP contribution in [0.2, 0.25) is 0 Å². The zero-order valence-corrected chi connectivity index (χ0v) is 37.5. The van der Waals surface area contributed by atoms with E-state index in [1.54, 1.807) is 16.0 Å². The Hall–Kier alpha value is -3.76. The van der Waals surface area contributed by atoms with E-state index in [9.17, 15) is 0 Å². The summed E-state index contributed by atoms with van der Waals surface area (Å²) in [7, 11) is 0. The van der Waals surface area contributed by atoms with Crippen molar-refractivity contribution >= 4 is 67.9 Å². The molecule has 1 aromatic heterocycles. The second-order valence-corrected chi connectivity index (χ2v) is 23.5. The van der Waals surface area contributed by atoms with E-state index in [-0.39, 0.29) is 39.2 Å². The number of hydrogen-bond acceptors (Lipinski definition) is 3. The summed E-state index contributed by atoms with van der Waals surface area (Å²) >= 11 is 2.13. The van der Waals surface area contributed by atoms with Crippen LogP contribution in [0.5, 0.6) is 0 Å². The van der Waals surface area contributed by atoms with Crippen molar-refractivity contribution in [3.8, 4) is 0 Å². The lowest BCUT2D eigenvalue weighted by Gasteiger charge is -2.47. The van der Waals surface area contributed by atoms with Crippen molar-refractivity contribution in [3.63, 3.8) is 0 Å². The smallest absolute Gasteiger partial charge is 0.264 e. The van der Waals surface area contributed by atoms with Gasteiger partial charge in [-0.2, -0.15) is 11.3 Å². The quantitative estimate of drug-likeness (QED) is 0.162. The monoisotopic (exact) mass is 758 g/mol. The van der Waals surface area contributed by atoms with Crippen LogP contribution in [0, 0.1) is 0 Å². The molecule has 290 valence electrons. The maximum Gasteiger partial charge on any atom is 0.264 e. The zero-order chi connectivity index (χ0) is 40.1. The molecular formula is C52H63BN2S. The fourth-order valence-electron chi connectivity index (χ4n) is 10.5. The van der Waals surface area contributed by atoms with Gasteiger partial charge in [-0.3, -0.25) is 0 Å². The summed E-state index contributed by atoms with van der Waals surface area (Å²) in [4.78, 5) is 6.90. The average molecular weight is 759 g/mol. The molecule has 3 heterocycles. The van der Waals surface area contributed by atoms with Crippen LogP contribution >= 0.6 is 11.3 Å². The molecule has 0 amide bonds. The van der Waals surface area contributed by atoms with Gasteiger partial charge in [0.2, 0.25) is 0 Å². The molecule has 0 radical (unpaired) electrons. The van der Waals surface area contributed by atoms with Gasteiger partial charge in [0, 0.05) is 38.1 Å². The lowest BCUT2D eigenvalue weighted by molar-refractivity contribution is 0.332. The summed E-state index contributed by atoms with van der Waals surface area (Å²) < 4.78 is 1.52. The molecule has 56 heavy (non-hydrogen) atoms. The Bertz CT molecular complexity index is 2390. The van der Waals surface area contributed by atoms with Crippen LogP contribution in [0.1, 0.15) is 155 Å². The van der Waals surface area contributed by atoms with Crippen molar-refractivity contribution in [2.45, 2.75) is 155 Å². The Labute approximate surface area is 342 Å². The van der Waals surface area contributed by atoms with Gasteiger partial charge in [-0.25, -0.2) is 0 Å². The third-order valence-corrected chi connectivity index (χ3v) is 16.0. The van der Waals surface area contributed by atoms with Gasteiger partial charge >= 0.3 is 0 Å². The summed E-state index contributed by atoms with van der Waals surface area (Å²) in [6.07, 6.45) is 4.80. The highest BCUT2D eigenvalue weighted by atomic mass is 32.1. The van der Waals surface area contributed by atoms with E-state index in [1.165, 1.54) is 92.2 Å². The Morgan fingerprint density at radius 3 is 1.54 bits per heavy atom. The molecule has 0 N–H and O–H groups in total. The highest BCUT2D eigenvalue weighted by molar-refractivity contribution is 7.29. The van der Waals surface area contributed by atoms with E-state index >= 15 is 0 Å². The molecule has 4 heteroatoms. The number of benzene rings is 4. The fourth-order valence-corrected chi connectivity index (χ4v) is 12.3. The Morgan fingerprint density at radius 2 is 1.00 bits per heavy atom. The van der Waals surface area contributed by atoms with Gasteiger partial charge in [0.05, 0.1) is 5.69 Å². The molecule has 0 atom stereocenters. The minimum absolute atomic E-state index is 0.0633. The Balaban J connectivity index is 1.40. The first-order valence-corrected chi connectivity index (χ1v) is 22.1. The topological polar surface area (TPSA) is 6.48 Å². The minimum Gasteiger partial charge on any atom is -0.311 e. The number of thiophene rings is 1. The second-order valence-electron chi connectivity index (χ2n) is 22.4. The van der Waals surface area contributed by atoms with Gasteiger partial charge in [-0.05, 0) is 139 Å². The zero-order valence-electron chi connectivity index (χ0n) is 36.7. The average Bonchev–Trinajstić information content (AvgIpc) is 3.54. The SMILES string of the molecule is CC(C)(C)c1ccc(N2c3cc4c(cc3B3c5sc6c(c5N(c5ccc(C(C)(C)C)cc5)c5cccc2c53)C(C)(C)CCC6(C)C)C(C)(C)CCC4(C)C)cc1. The molecule has 4 aromatic carbocycles. The van der Waals surface area contributed by atoms with Crippen molar-refractivity contribution in [1.82, 2.24) is 0 Å². The third kappa shape index (κ3) is 5.54. The van der Waals surface area contributed by atoms with Crippen LogP contribution < -0.4 is 25.5 Å². The van der Waals surface area contributed by atoms with Gasteiger partial charge in [0.15, 0.2) is 0 Å². The van der Waals surface area contributed by atoms with Gasteiger partial charge in [0.25, 0.3) is 6.71 Å². The molecule has 2 aliphatic heterocycles. The summed E-state index contributed by atoms with van der Waals surface area (Å²) in [5.41, 5.74) is 18.8. The van der Waals surface area contributed by atoms with E-state index in [2.05, 4.69) is 197 Å². The van der Waals surface area contributed by atoms with Gasteiger partial charge in [-0.1, -0.05) is 133 Å². The van der Waals surface area contributed by atoms with Crippen LogP contribution in [-0.4, -0.2) is 6.71 Å². The van der Waals surface area contributed by atoms with Gasteiger partial charge < -0.3 is 9.80 Å². The number of rotatable bonds is 2. The largest absolute Gasteiger partial charge is 0.311 e. The third-order valence-electron chi connectivity index (χ3n) is 14.4. The first-order chi connectivity index (χ1) is 26.0.